The molecule has 3 nitrogen and oxygen atoms in total. The average Bonchev–Trinajstić information content (AvgIpc) is 2.68. The number of nitrogens with zero attached hydrogens (tertiary/aromatic N) is 1. The Bertz CT molecular complexity index is 698. The van der Waals surface area contributed by atoms with Crippen LogP contribution < -0.4 is 0 Å². The van der Waals surface area contributed by atoms with E-state index in [1.165, 1.54) is 0 Å². The maximum Gasteiger partial charge on any atom is 0.253 e. The molecule has 16 heavy (non-hydrogen) atoms. The lowest BCUT2D eigenvalue weighted by atomic mass is 10.1. The number of carbonyl (C=O) groups excluding carboxylic acids is 1. The molecular formula is C13H9N2O. The third-order valence-corrected chi connectivity index (χ3v) is 2.78. The molecule has 0 amide bonds. The van der Waals surface area contributed by atoms with Crippen LogP contribution in [-0.2, 0) is 4.79 Å². The molecule has 77 valence electrons. The molecule has 0 aliphatic carbocycles. The zero-order valence-electron chi connectivity index (χ0n) is 8.74. The van der Waals surface area contributed by atoms with E-state index in [2.05, 4.69) is 9.97 Å². The number of H-pyrrole nitrogens is 1. The van der Waals surface area contributed by atoms with E-state index in [0.717, 1.165) is 27.5 Å². The molecule has 1 N–H and O–H groups in total. The predicted octanol–water partition coefficient (Wildman–Crippen LogP) is 2.48. The number of aryl methyl sites for hydroxylation is 1. The number of para-hydroxylation sites is 1. The number of hydrogen-bond acceptors (Lipinski definition) is 2. The first-order valence-corrected chi connectivity index (χ1v) is 5.06. The number of hydrogen-bond donors (Lipinski definition) is 1. The molecule has 3 aromatic rings. The number of nitrogens with one attached hydrogen (secondary N) is 1. The van der Waals surface area contributed by atoms with Crippen molar-refractivity contribution in [2.45, 2.75) is 6.92 Å². The molecule has 0 aliphatic heterocycles. The normalized spacial score (nSPS) is 11.1. The molecular weight excluding hydrogens is 200 g/mol. The van der Waals surface area contributed by atoms with Crippen LogP contribution in [0.3, 0.4) is 0 Å². The lowest BCUT2D eigenvalue weighted by Gasteiger charge is -1.96. The van der Waals surface area contributed by atoms with Gasteiger partial charge in [-0.05, 0) is 19.1 Å². The molecule has 0 saturated carbocycles. The van der Waals surface area contributed by atoms with Crippen LogP contribution in [0.1, 0.15) is 11.4 Å². The van der Waals surface area contributed by atoms with Gasteiger partial charge >= 0.3 is 0 Å². The molecule has 0 unspecified atom stereocenters. The highest BCUT2D eigenvalue weighted by Gasteiger charge is 2.08. The lowest BCUT2D eigenvalue weighted by Crippen LogP contribution is -1.90. The van der Waals surface area contributed by atoms with Gasteiger partial charge in [0.1, 0.15) is 5.69 Å². The summed E-state index contributed by atoms with van der Waals surface area (Å²) in [5, 5.41) is 2.14. The van der Waals surface area contributed by atoms with Crippen molar-refractivity contribution in [2.24, 2.45) is 0 Å². The largest absolute Gasteiger partial charge is 0.353 e. The summed E-state index contributed by atoms with van der Waals surface area (Å²) < 4.78 is 0. The summed E-state index contributed by atoms with van der Waals surface area (Å²) >= 11 is 0. The summed E-state index contributed by atoms with van der Waals surface area (Å²) in [5.74, 6) is 0. The molecule has 0 saturated heterocycles. The first-order chi connectivity index (χ1) is 7.79. The van der Waals surface area contributed by atoms with Crippen molar-refractivity contribution in [3.8, 4) is 0 Å². The van der Waals surface area contributed by atoms with Crippen LogP contribution in [-0.4, -0.2) is 16.3 Å². The fraction of sp³-hybridized carbons (Fsp3) is 0.0769. The van der Waals surface area contributed by atoms with Gasteiger partial charge in [0, 0.05) is 16.3 Å². The van der Waals surface area contributed by atoms with E-state index in [1.807, 2.05) is 37.5 Å². The molecule has 2 heterocycles. The highest BCUT2D eigenvalue weighted by Crippen LogP contribution is 2.26. The van der Waals surface area contributed by atoms with Crippen LogP contribution in [0.15, 0.2) is 30.3 Å². The number of benzene rings is 1. The van der Waals surface area contributed by atoms with Gasteiger partial charge in [0.15, 0.2) is 0 Å². The van der Waals surface area contributed by atoms with Crippen molar-refractivity contribution >= 4 is 28.1 Å². The predicted molar refractivity (Wildman–Crippen MR) is 63.1 cm³/mol. The van der Waals surface area contributed by atoms with Crippen LogP contribution in [0.5, 0.6) is 0 Å². The van der Waals surface area contributed by atoms with Crippen molar-refractivity contribution in [1.82, 2.24) is 9.97 Å². The summed E-state index contributed by atoms with van der Waals surface area (Å²) in [5.41, 5.74) is 3.23. The second-order valence-electron chi connectivity index (χ2n) is 3.79. The first-order valence-electron chi connectivity index (χ1n) is 5.06. The smallest absolute Gasteiger partial charge is 0.253 e. The van der Waals surface area contributed by atoms with Gasteiger partial charge in [-0.1, -0.05) is 18.2 Å². The van der Waals surface area contributed by atoms with Gasteiger partial charge in [-0.15, -0.1) is 0 Å². The minimum atomic E-state index is 0.356. The molecule has 2 aromatic heterocycles. The molecule has 0 fully saturated rings. The van der Waals surface area contributed by atoms with Gasteiger partial charge < -0.3 is 4.98 Å². The third-order valence-electron chi connectivity index (χ3n) is 2.78. The van der Waals surface area contributed by atoms with E-state index in [0.29, 0.717) is 5.69 Å². The van der Waals surface area contributed by atoms with Crippen molar-refractivity contribution in [3.63, 3.8) is 0 Å². The van der Waals surface area contributed by atoms with E-state index in [9.17, 15) is 4.79 Å². The summed E-state index contributed by atoms with van der Waals surface area (Å²) in [6.07, 6.45) is 1.84. The number of pyridine rings is 1. The van der Waals surface area contributed by atoms with E-state index in [4.69, 9.17) is 0 Å². The Labute approximate surface area is 92.1 Å². The Morgan fingerprint density at radius 1 is 1.25 bits per heavy atom. The summed E-state index contributed by atoms with van der Waals surface area (Å²) in [6, 6.07) is 9.78. The minimum absolute atomic E-state index is 0.356. The second-order valence-corrected chi connectivity index (χ2v) is 3.79. The van der Waals surface area contributed by atoms with Crippen LogP contribution >= 0.6 is 0 Å². The summed E-state index contributed by atoms with van der Waals surface area (Å²) in [7, 11) is 0. The minimum Gasteiger partial charge on any atom is -0.353 e. The van der Waals surface area contributed by atoms with Crippen LogP contribution in [0, 0.1) is 6.92 Å². The SMILES string of the molecule is Cc1nc([C]=O)cc2c1[nH]c1ccccc12. The lowest BCUT2D eigenvalue weighted by molar-refractivity contribution is 0.561. The Kier molecular flexibility index (Phi) is 1.80. The number of aromatic amines is 1. The van der Waals surface area contributed by atoms with Crippen LogP contribution in [0.2, 0.25) is 0 Å². The second kappa shape index (κ2) is 3.17. The van der Waals surface area contributed by atoms with Gasteiger partial charge in [0.2, 0.25) is 0 Å². The standard InChI is InChI=1S/C13H9N2O/c1-8-13-11(6-9(7-16)14-8)10-4-2-3-5-12(10)15-13/h2-6,15H,1H3. The number of aromatic nitrogens is 2. The summed E-state index contributed by atoms with van der Waals surface area (Å²) in [6.45, 7) is 1.89. The highest BCUT2D eigenvalue weighted by molar-refractivity contribution is 6.08. The maximum absolute atomic E-state index is 10.7. The monoisotopic (exact) mass is 209 g/mol. The highest BCUT2D eigenvalue weighted by atomic mass is 16.1. The van der Waals surface area contributed by atoms with E-state index >= 15 is 0 Å². The molecule has 0 spiro atoms. The quantitative estimate of drug-likeness (QED) is 0.669. The van der Waals surface area contributed by atoms with Gasteiger partial charge in [-0.3, -0.25) is 4.79 Å². The Hall–Kier alpha value is -2.16. The molecule has 0 bridgehead atoms. The van der Waals surface area contributed by atoms with Gasteiger partial charge in [-0.2, -0.15) is 0 Å². The molecule has 1 aromatic carbocycles. The fourth-order valence-corrected chi connectivity index (χ4v) is 2.06. The average molecular weight is 209 g/mol. The zero-order chi connectivity index (χ0) is 11.1. The molecule has 0 aliphatic rings. The topological polar surface area (TPSA) is 45.8 Å². The van der Waals surface area contributed by atoms with Crippen LogP contribution in [0.4, 0.5) is 0 Å². The third kappa shape index (κ3) is 1.15. The van der Waals surface area contributed by atoms with E-state index < -0.39 is 0 Å². The van der Waals surface area contributed by atoms with Gasteiger partial charge in [0.25, 0.3) is 6.29 Å². The summed E-state index contributed by atoms with van der Waals surface area (Å²) in [4.78, 5) is 18.1. The molecule has 3 heteroatoms. The first kappa shape index (κ1) is 9.09. The fourth-order valence-electron chi connectivity index (χ4n) is 2.06. The molecule has 3 rings (SSSR count). The maximum atomic E-state index is 10.7. The number of fused-ring (bicyclic) bond motifs is 3. The van der Waals surface area contributed by atoms with Crippen LogP contribution in [0.25, 0.3) is 21.8 Å². The van der Waals surface area contributed by atoms with Crippen molar-refractivity contribution in [3.05, 3.63) is 41.7 Å². The van der Waals surface area contributed by atoms with Crippen molar-refractivity contribution < 1.29 is 4.79 Å². The van der Waals surface area contributed by atoms with E-state index in [-0.39, 0.29) is 0 Å². The Morgan fingerprint density at radius 3 is 2.88 bits per heavy atom. The molecule has 1 radical (unpaired) electrons. The Balaban J connectivity index is 2.55. The zero-order valence-corrected chi connectivity index (χ0v) is 8.74. The van der Waals surface area contributed by atoms with E-state index in [1.54, 1.807) is 6.07 Å². The van der Waals surface area contributed by atoms with Crippen molar-refractivity contribution in [2.75, 3.05) is 0 Å². The Morgan fingerprint density at radius 2 is 2.06 bits per heavy atom. The number of rotatable bonds is 1. The van der Waals surface area contributed by atoms with Gasteiger partial charge in [0.05, 0.1) is 11.2 Å². The van der Waals surface area contributed by atoms with Gasteiger partial charge in [-0.25, -0.2) is 4.98 Å². The molecule has 0 atom stereocenters. The van der Waals surface area contributed by atoms with Crippen molar-refractivity contribution in [1.29, 1.82) is 0 Å².